The molecule has 1 aliphatic rings. The van der Waals surface area contributed by atoms with Crippen LogP contribution in [-0.4, -0.2) is 12.6 Å². The van der Waals surface area contributed by atoms with Crippen molar-refractivity contribution in [1.29, 1.82) is 0 Å². The van der Waals surface area contributed by atoms with Gasteiger partial charge in [0.05, 0.1) is 0 Å². The molecule has 0 aromatic heterocycles. The van der Waals surface area contributed by atoms with Gasteiger partial charge < -0.3 is 0 Å². The minimum atomic E-state index is -5.22. The first-order chi connectivity index (χ1) is 18.9. The molecule has 0 atom stereocenters. The monoisotopic (exact) mass is 600 g/mol. The van der Waals surface area contributed by atoms with Crippen LogP contribution in [0.3, 0.4) is 0 Å². The van der Waals surface area contributed by atoms with Crippen molar-refractivity contribution in [3.8, 4) is 11.1 Å². The Balaban J connectivity index is 1.64. The molecule has 39 heavy (non-hydrogen) atoms. The van der Waals surface area contributed by atoms with Crippen LogP contribution < -0.4 is 18.0 Å². The van der Waals surface area contributed by atoms with Gasteiger partial charge in [0, 0.05) is 0 Å². The Labute approximate surface area is 239 Å². The van der Waals surface area contributed by atoms with Crippen LogP contribution in [0.5, 0.6) is 0 Å². The number of nitrogens with one attached hydrogen (secondary N) is 1. The normalized spacial score (nSPS) is 13.3. The van der Waals surface area contributed by atoms with Crippen molar-refractivity contribution in [3.63, 3.8) is 0 Å². The topological polar surface area (TPSA) is 29.1 Å². The number of fused-ring (bicyclic) bond motifs is 3. The SMILES string of the molecule is Cc1ccccc1C(=O)[NH][Ti]([Cl])([Cl])([c]1cccc2c1Cc1ccccc1-2)[SiH](c1ccccc1)c1ccccc1. The summed E-state index contributed by atoms with van der Waals surface area (Å²) in [6, 6.07) is 43.0. The Morgan fingerprint density at radius 2 is 1.26 bits per heavy atom. The van der Waals surface area contributed by atoms with Gasteiger partial charge in [-0.3, -0.25) is 0 Å². The van der Waals surface area contributed by atoms with Gasteiger partial charge in [-0.1, -0.05) is 0 Å². The number of halogens is 2. The van der Waals surface area contributed by atoms with Gasteiger partial charge in [-0.25, -0.2) is 0 Å². The Morgan fingerprint density at radius 3 is 1.92 bits per heavy atom. The van der Waals surface area contributed by atoms with Crippen LogP contribution in [0.1, 0.15) is 27.0 Å². The maximum atomic E-state index is 14.1. The summed E-state index contributed by atoms with van der Waals surface area (Å²) < 4.78 is 4.37. The molecule has 0 unspecified atom stereocenters. The van der Waals surface area contributed by atoms with Gasteiger partial charge >= 0.3 is 241 Å². The first-order valence-electron chi connectivity index (χ1n) is 13.1. The second-order valence-electron chi connectivity index (χ2n) is 10.3. The molecular weight excluding hydrogens is 573 g/mol. The number of benzene rings is 5. The number of carbonyl (C=O) groups excluding carboxylic acids is 1. The van der Waals surface area contributed by atoms with Crippen LogP contribution in [0.15, 0.2) is 127 Å². The quantitative estimate of drug-likeness (QED) is 0.231. The van der Waals surface area contributed by atoms with E-state index in [9.17, 15) is 4.79 Å². The van der Waals surface area contributed by atoms with Gasteiger partial charge in [-0.05, 0) is 0 Å². The molecule has 5 aromatic rings. The molecule has 0 saturated heterocycles. The number of hydrogen-bond acceptors (Lipinski definition) is 1. The maximum absolute atomic E-state index is 14.1. The molecule has 1 aliphatic carbocycles. The Bertz CT molecular complexity index is 1650. The summed E-state index contributed by atoms with van der Waals surface area (Å²) in [5, 5.41) is 2.23. The summed E-state index contributed by atoms with van der Waals surface area (Å²) in [6.45, 7) is -0.515. The van der Waals surface area contributed by atoms with E-state index >= 15 is 0 Å². The standard InChI is InChI=1S/C13H9.C12H11Si.C8H9NO.2ClH.Ti/c1-3-7-12-10(5-1)9-11-6-2-4-8-13(11)12;1-3-7-11(8-4-1)13-12-9-5-2-6-10-12;1-6-4-2-3-5-7(6)8(9)10;;;/h1-5,7-8H,9H2;1-10,13H;2-5H,1H3,(H2,9,10);2*1H;/q;;;;;+3/p-3. The first-order valence-corrected chi connectivity index (χ1v) is 23.4. The van der Waals surface area contributed by atoms with Crippen LogP contribution >= 0.6 is 18.6 Å². The zero-order valence-corrected chi connectivity index (χ0v) is 25.8. The fourth-order valence-corrected chi connectivity index (χ4v) is 31.7. The summed E-state index contributed by atoms with van der Waals surface area (Å²) in [7, 11) is 16.3. The predicted octanol–water partition coefficient (Wildman–Crippen LogP) is 6.07. The van der Waals surface area contributed by atoms with E-state index in [1.165, 1.54) is 11.1 Å². The van der Waals surface area contributed by atoms with Gasteiger partial charge in [0.15, 0.2) is 0 Å². The van der Waals surface area contributed by atoms with Crippen LogP contribution in [0.25, 0.3) is 11.1 Å². The van der Waals surface area contributed by atoms with Crippen LogP contribution in [0.4, 0.5) is 0 Å². The third-order valence-corrected chi connectivity index (χ3v) is 31.9. The Kier molecular flexibility index (Phi) is 6.91. The third kappa shape index (κ3) is 4.63. The number of rotatable bonds is 6. The molecule has 0 fully saturated rings. The van der Waals surface area contributed by atoms with Gasteiger partial charge in [-0.2, -0.15) is 0 Å². The van der Waals surface area contributed by atoms with E-state index < -0.39 is 19.4 Å². The van der Waals surface area contributed by atoms with Crippen LogP contribution in [0, 0.1) is 6.92 Å². The second-order valence-corrected chi connectivity index (χ2v) is 34.8. The number of aryl methyl sites for hydroxylation is 1. The Hall–Kier alpha value is -2.92. The summed E-state index contributed by atoms with van der Waals surface area (Å²) in [5.74, 6) is -0.215. The molecule has 6 heteroatoms. The average Bonchev–Trinajstić information content (AvgIpc) is 3.33. The average molecular weight is 601 g/mol. The van der Waals surface area contributed by atoms with Gasteiger partial charge in [0.25, 0.3) is 0 Å². The van der Waals surface area contributed by atoms with Gasteiger partial charge in [-0.15, -0.1) is 0 Å². The van der Waals surface area contributed by atoms with Crippen molar-refractivity contribution in [2.45, 2.75) is 13.3 Å². The second kappa shape index (κ2) is 10.2. The third-order valence-electron chi connectivity index (χ3n) is 7.85. The number of hydrogen-bond donors (Lipinski definition) is 1. The molecule has 193 valence electrons. The fourth-order valence-electron chi connectivity index (χ4n) is 6.05. The number of amides is 1. The van der Waals surface area contributed by atoms with E-state index in [0.29, 0.717) is 5.56 Å². The van der Waals surface area contributed by atoms with Gasteiger partial charge in [0.1, 0.15) is 0 Å². The molecule has 0 spiro atoms. The van der Waals surface area contributed by atoms with Crippen molar-refractivity contribution in [3.05, 3.63) is 150 Å². The summed E-state index contributed by atoms with van der Waals surface area (Å²) >= 11 is -5.22. The summed E-state index contributed by atoms with van der Waals surface area (Å²) in [6.07, 6.45) is 0.741. The molecule has 0 heterocycles. The van der Waals surface area contributed by atoms with E-state index in [1.54, 1.807) is 0 Å². The molecule has 1 amide bonds. The van der Waals surface area contributed by atoms with Crippen LogP contribution in [-0.2, 0) is 19.1 Å². The van der Waals surface area contributed by atoms with Crippen molar-refractivity contribution >= 4 is 45.4 Å². The van der Waals surface area contributed by atoms with Crippen molar-refractivity contribution in [2.75, 3.05) is 0 Å². The molecule has 0 bridgehead atoms. The van der Waals surface area contributed by atoms with Gasteiger partial charge in [0.2, 0.25) is 0 Å². The van der Waals surface area contributed by atoms with Crippen molar-refractivity contribution in [2.24, 2.45) is 0 Å². The van der Waals surface area contributed by atoms with E-state index in [4.69, 9.17) is 18.6 Å². The predicted molar refractivity (Wildman–Crippen MR) is 164 cm³/mol. The molecule has 1 N–H and O–H groups in total. The fraction of sp³-hybridized carbons (Fsp3) is 0.0606. The zero-order valence-electron chi connectivity index (χ0n) is 21.6. The molecule has 5 aromatic carbocycles. The molecule has 0 radical (unpaired) electrons. The number of carbonyl (C=O) groups is 1. The van der Waals surface area contributed by atoms with Crippen molar-refractivity contribution < 1.29 is 17.5 Å². The molecule has 2 nitrogen and oxygen atoms in total. The molecule has 0 aliphatic heterocycles. The van der Waals surface area contributed by atoms with E-state index in [-0.39, 0.29) is 5.91 Å². The van der Waals surface area contributed by atoms with E-state index in [1.807, 2.05) is 73.7 Å². The zero-order chi connectivity index (χ0) is 27.1. The molecule has 0 saturated carbocycles. The van der Waals surface area contributed by atoms with E-state index in [0.717, 1.165) is 37.4 Å². The first kappa shape index (κ1) is 26.3. The Morgan fingerprint density at radius 1 is 0.692 bits per heavy atom. The summed E-state index contributed by atoms with van der Waals surface area (Å²) in [4.78, 5) is 14.1. The van der Waals surface area contributed by atoms with E-state index in [2.05, 4.69) is 64.5 Å². The molecule has 6 rings (SSSR count). The summed E-state index contributed by atoms with van der Waals surface area (Å²) in [5.41, 5.74) is 6.23. The minimum absolute atomic E-state index is 0.215. The van der Waals surface area contributed by atoms with Crippen molar-refractivity contribution in [1.82, 2.24) is 3.80 Å². The molecular formula is C33H28Cl2NOSiTi. The van der Waals surface area contributed by atoms with Crippen LogP contribution in [0.2, 0.25) is 0 Å².